The van der Waals surface area contributed by atoms with Crippen LogP contribution in [0.15, 0.2) is 18.2 Å². The molecule has 0 saturated heterocycles. The number of aryl methyl sites for hydroxylation is 1. The molecule has 2 aliphatic rings. The first-order valence-corrected chi connectivity index (χ1v) is 8.88. The van der Waals surface area contributed by atoms with Gasteiger partial charge in [0.15, 0.2) is 0 Å². The predicted octanol–water partition coefficient (Wildman–Crippen LogP) is 1.78. The summed E-state index contributed by atoms with van der Waals surface area (Å²) in [6, 6.07) is 5.77. The molecule has 0 aliphatic carbocycles. The Morgan fingerprint density at radius 3 is 2.54 bits per heavy atom. The molecule has 2 heterocycles. The molecule has 0 fully saturated rings. The van der Waals surface area contributed by atoms with Crippen LogP contribution in [0.25, 0.3) is 0 Å². The van der Waals surface area contributed by atoms with E-state index >= 15 is 0 Å². The maximum atomic E-state index is 13.2. The van der Waals surface area contributed by atoms with E-state index in [0.29, 0.717) is 6.42 Å². The highest BCUT2D eigenvalue weighted by molar-refractivity contribution is 6.06. The van der Waals surface area contributed by atoms with Gasteiger partial charge >= 0.3 is 0 Å². The van der Waals surface area contributed by atoms with Gasteiger partial charge in [0.25, 0.3) is 0 Å². The van der Waals surface area contributed by atoms with Gasteiger partial charge in [-0.1, -0.05) is 32.0 Å². The number of benzene rings is 1. The van der Waals surface area contributed by atoms with Crippen LogP contribution in [0.2, 0.25) is 0 Å². The van der Waals surface area contributed by atoms with E-state index in [1.54, 1.807) is 4.90 Å². The summed E-state index contributed by atoms with van der Waals surface area (Å²) in [7, 11) is 0. The summed E-state index contributed by atoms with van der Waals surface area (Å²) >= 11 is 0. The molecule has 0 radical (unpaired) electrons. The van der Waals surface area contributed by atoms with Gasteiger partial charge in [0.05, 0.1) is 11.7 Å². The second kappa shape index (κ2) is 6.55. The Hall–Kier alpha value is -1.88. The summed E-state index contributed by atoms with van der Waals surface area (Å²) in [6.45, 7) is 7.98. The average molecular weight is 329 g/mol. The molecule has 5 nitrogen and oxygen atoms in total. The topological polar surface area (TPSA) is 61.4 Å². The van der Waals surface area contributed by atoms with E-state index in [9.17, 15) is 9.59 Å². The van der Waals surface area contributed by atoms with Gasteiger partial charge in [0, 0.05) is 18.5 Å². The number of rotatable bonds is 4. The van der Waals surface area contributed by atoms with Crippen molar-refractivity contribution in [2.75, 3.05) is 4.90 Å². The molecule has 3 rings (SSSR count). The van der Waals surface area contributed by atoms with Crippen molar-refractivity contribution in [3.63, 3.8) is 0 Å². The van der Waals surface area contributed by atoms with Crippen molar-refractivity contribution in [2.24, 2.45) is 0 Å². The van der Waals surface area contributed by atoms with Crippen LogP contribution in [-0.4, -0.2) is 36.0 Å². The minimum atomic E-state index is -0.439. The standard InChI is InChI=1S/C19H27N3O2/c1-11(2)20-15-9-8-13-6-5-7-14-10-16(18(23)21-12(3)4)22(17(13)14)19(15)24/h5-7,11-12,15-16,20H,8-10H2,1-4H3,(H,21,23)/t15?,16-/m1/s1. The lowest BCUT2D eigenvalue weighted by atomic mass is 10.0. The quantitative estimate of drug-likeness (QED) is 0.885. The van der Waals surface area contributed by atoms with E-state index in [0.717, 1.165) is 24.1 Å². The molecule has 2 amide bonds. The number of carbonyl (C=O) groups is 2. The van der Waals surface area contributed by atoms with Gasteiger partial charge in [-0.15, -0.1) is 0 Å². The lowest BCUT2D eigenvalue weighted by Crippen LogP contribution is -2.55. The third kappa shape index (κ3) is 3.05. The lowest BCUT2D eigenvalue weighted by Gasteiger charge is -2.29. The van der Waals surface area contributed by atoms with Gasteiger partial charge < -0.3 is 10.6 Å². The van der Waals surface area contributed by atoms with Crippen molar-refractivity contribution in [3.8, 4) is 0 Å². The summed E-state index contributed by atoms with van der Waals surface area (Å²) in [5, 5.41) is 6.34. The first kappa shape index (κ1) is 17.0. The lowest BCUT2D eigenvalue weighted by molar-refractivity contribution is -0.127. The van der Waals surface area contributed by atoms with Gasteiger partial charge in [-0.05, 0) is 37.8 Å². The number of hydrogen-bond donors (Lipinski definition) is 2. The zero-order chi connectivity index (χ0) is 17.4. The number of nitrogens with zero attached hydrogens (tertiary/aromatic N) is 1. The van der Waals surface area contributed by atoms with Crippen molar-refractivity contribution in [1.82, 2.24) is 10.6 Å². The molecule has 0 bridgehead atoms. The number of hydrogen-bond acceptors (Lipinski definition) is 3. The van der Waals surface area contributed by atoms with Gasteiger partial charge in [0.1, 0.15) is 6.04 Å². The second-order valence-corrected chi connectivity index (χ2v) is 7.43. The minimum absolute atomic E-state index is 0.0244. The summed E-state index contributed by atoms with van der Waals surface area (Å²) in [5.74, 6) is -0.0398. The van der Waals surface area contributed by atoms with Gasteiger partial charge in [0.2, 0.25) is 11.8 Å². The fraction of sp³-hybridized carbons (Fsp3) is 0.579. The van der Waals surface area contributed by atoms with Crippen molar-refractivity contribution >= 4 is 17.5 Å². The van der Waals surface area contributed by atoms with E-state index in [-0.39, 0.29) is 29.9 Å². The van der Waals surface area contributed by atoms with Crippen molar-refractivity contribution < 1.29 is 9.59 Å². The maximum Gasteiger partial charge on any atom is 0.244 e. The van der Waals surface area contributed by atoms with Crippen LogP contribution in [0.5, 0.6) is 0 Å². The number of anilines is 1. The highest BCUT2D eigenvalue weighted by Gasteiger charge is 2.43. The molecule has 2 aliphatic heterocycles. The maximum absolute atomic E-state index is 13.2. The van der Waals surface area contributed by atoms with Crippen molar-refractivity contribution in [1.29, 1.82) is 0 Å². The summed E-state index contributed by atoms with van der Waals surface area (Å²) in [6.07, 6.45) is 2.22. The van der Waals surface area contributed by atoms with Gasteiger partial charge in [-0.25, -0.2) is 0 Å². The number of para-hydroxylation sites is 1. The molecule has 24 heavy (non-hydrogen) atoms. The van der Waals surface area contributed by atoms with Crippen LogP contribution in [0.3, 0.4) is 0 Å². The molecule has 2 atom stereocenters. The summed E-state index contributed by atoms with van der Waals surface area (Å²) in [5.41, 5.74) is 3.25. The van der Waals surface area contributed by atoms with Crippen LogP contribution in [0.1, 0.15) is 45.2 Å². The Kier molecular flexibility index (Phi) is 4.63. The average Bonchev–Trinajstić information content (AvgIpc) is 2.83. The number of nitrogens with one attached hydrogen (secondary N) is 2. The molecular formula is C19H27N3O2. The molecule has 0 aromatic heterocycles. The van der Waals surface area contributed by atoms with Crippen molar-refractivity contribution in [3.05, 3.63) is 29.3 Å². The SMILES string of the molecule is CC(C)NC(=O)[C@H]1Cc2cccc3c2N1C(=O)C(NC(C)C)CC3. The third-order valence-electron chi connectivity index (χ3n) is 4.67. The second-order valence-electron chi connectivity index (χ2n) is 7.43. The third-order valence-corrected chi connectivity index (χ3v) is 4.67. The van der Waals surface area contributed by atoms with Crippen LogP contribution in [0, 0.1) is 0 Å². The number of carbonyl (C=O) groups excluding carboxylic acids is 2. The Morgan fingerprint density at radius 1 is 1.17 bits per heavy atom. The van der Waals surface area contributed by atoms with Crippen LogP contribution >= 0.6 is 0 Å². The highest BCUT2D eigenvalue weighted by Crippen LogP contribution is 2.39. The predicted molar refractivity (Wildman–Crippen MR) is 95.1 cm³/mol. The molecule has 1 aromatic carbocycles. The van der Waals surface area contributed by atoms with E-state index in [2.05, 4.69) is 16.7 Å². The Balaban J connectivity index is 1.98. The molecule has 130 valence electrons. The largest absolute Gasteiger partial charge is 0.352 e. The Bertz CT molecular complexity index is 654. The van der Waals surface area contributed by atoms with Crippen molar-refractivity contribution in [2.45, 2.75) is 71.1 Å². The van der Waals surface area contributed by atoms with Crippen LogP contribution in [-0.2, 0) is 22.4 Å². The molecule has 1 unspecified atom stereocenters. The number of amides is 2. The van der Waals surface area contributed by atoms with E-state index < -0.39 is 6.04 Å². The van der Waals surface area contributed by atoms with E-state index in [1.807, 2.05) is 39.8 Å². The normalized spacial score (nSPS) is 22.8. The molecule has 1 aromatic rings. The molecule has 0 saturated carbocycles. The fourth-order valence-electron chi connectivity index (χ4n) is 3.78. The van der Waals surface area contributed by atoms with Gasteiger partial charge in [-0.2, -0.15) is 0 Å². The summed E-state index contributed by atoms with van der Waals surface area (Å²) < 4.78 is 0. The zero-order valence-corrected chi connectivity index (χ0v) is 14.9. The van der Waals surface area contributed by atoms with E-state index in [4.69, 9.17) is 0 Å². The molecule has 5 heteroatoms. The van der Waals surface area contributed by atoms with Crippen LogP contribution < -0.4 is 15.5 Å². The highest BCUT2D eigenvalue weighted by atomic mass is 16.2. The first-order valence-electron chi connectivity index (χ1n) is 8.88. The van der Waals surface area contributed by atoms with E-state index in [1.165, 1.54) is 5.56 Å². The minimum Gasteiger partial charge on any atom is -0.352 e. The molecule has 2 N–H and O–H groups in total. The zero-order valence-electron chi connectivity index (χ0n) is 14.9. The fourth-order valence-corrected chi connectivity index (χ4v) is 3.78. The smallest absolute Gasteiger partial charge is 0.244 e. The molecular weight excluding hydrogens is 302 g/mol. The monoisotopic (exact) mass is 329 g/mol. The Labute approximate surface area is 143 Å². The summed E-state index contributed by atoms with van der Waals surface area (Å²) in [4.78, 5) is 27.6. The first-order chi connectivity index (χ1) is 11.4. The Morgan fingerprint density at radius 2 is 1.88 bits per heavy atom. The van der Waals surface area contributed by atoms with Gasteiger partial charge in [-0.3, -0.25) is 14.5 Å². The van der Waals surface area contributed by atoms with Crippen LogP contribution in [0.4, 0.5) is 5.69 Å². The molecule has 0 spiro atoms.